The highest BCUT2D eigenvalue weighted by atomic mass is 32.1. The van der Waals surface area contributed by atoms with Gasteiger partial charge in [0.15, 0.2) is 4.77 Å². The summed E-state index contributed by atoms with van der Waals surface area (Å²) in [7, 11) is 0. The van der Waals surface area contributed by atoms with E-state index in [0.29, 0.717) is 11.3 Å². The molecular weight excluding hydrogens is 244 g/mol. The summed E-state index contributed by atoms with van der Waals surface area (Å²) in [4.78, 5) is 3.20. The highest BCUT2D eigenvalue weighted by Crippen LogP contribution is 2.16. The first kappa shape index (κ1) is 11.1. The van der Waals surface area contributed by atoms with Gasteiger partial charge in [0.2, 0.25) is 0 Å². The molecule has 1 aromatic carbocycles. The van der Waals surface area contributed by atoms with Crippen molar-refractivity contribution in [1.82, 2.24) is 19.7 Å². The van der Waals surface area contributed by atoms with E-state index in [1.165, 1.54) is 5.56 Å². The average Bonchev–Trinajstić information content (AvgIpc) is 2.67. The van der Waals surface area contributed by atoms with Crippen LogP contribution in [0.3, 0.4) is 0 Å². The molecule has 0 saturated carbocycles. The third-order valence-electron chi connectivity index (χ3n) is 2.88. The van der Waals surface area contributed by atoms with Crippen LogP contribution in [0.1, 0.15) is 11.3 Å². The maximum atomic E-state index is 5.35. The van der Waals surface area contributed by atoms with Crippen molar-refractivity contribution in [3.8, 4) is 0 Å². The van der Waals surface area contributed by atoms with E-state index in [9.17, 15) is 0 Å². The van der Waals surface area contributed by atoms with Gasteiger partial charge in [0.05, 0.1) is 23.3 Å². The number of aromatic nitrogens is 4. The van der Waals surface area contributed by atoms with Gasteiger partial charge in [-0.1, -0.05) is 6.07 Å². The lowest BCUT2D eigenvalue weighted by atomic mass is 10.2. The van der Waals surface area contributed by atoms with E-state index in [-0.39, 0.29) is 0 Å². The minimum absolute atomic E-state index is 0.635. The second-order valence-electron chi connectivity index (χ2n) is 4.25. The summed E-state index contributed by atoms with van der Waals surface area (Å²) in [5, 5.41) is 7.98. The van der Waals surface area contributed by atoms with E-state index in [4.69, 9.17) is 12.2 Å². The van der Waals surface area contributed by atoms with Crippen LogP contribution < -0.4 is 0 Å². The van der Waals surface area contributed by atoms with E-state index in [1.54, 1.807) is 6.20 Å². The van der Waals surface area contributed by atoms with Crippen molar-refractivity contribution in [3.05, 3.63) is 52.6 Å². The van der Waals surface area contributed by atoms with Crippen LogP contribution in [-0.2, 0) is 6.54 Å². The zero-order valence-corrected chi connectivity index (χ0v) is 10.7. The minimum atomic E-state index is 0.635. The number of aromatic amines is 1. The number of fused-ring (bicyclic) bond motifs is 1. The molecule has 2 aromatic heterocycles. The fourth-order valence-corrected chi connectivity index (χ4v) is 2.27. The second kappa shape index (κ2) is 4.34. The molecule has 90 valence electrons. The van der Waals surface area contributed by atoms with Gasteiger partial charge in [0.1, 0.15) is 0 Å². The first-order chi connectivity index (χ1) is 8.74. The molecule has 3 aromatic rings. The zero-order chi connectivity index (χ0) is 12.5. The van der Waals surface area contributed by atoms with Crippen molar-refractivity contribution in [2.75, 3.05) is 0 Å². The van der Waals surface area contributed by atoms with Crippen molar-refractivity contribution in [3.63, 3.8) is 0 Å². The van der Waals surface area contributed by atoms with Crippen molar-refractivity contribution < 1.29 is 0 Å². The molecule has 0 aliphatic carbocycles. The average molecular weight is 256 g/mol. The number of benzene rings is 1. The Morgan fingerprint density at radius 1 is 1.33 bits per heavy atom. The third-order valence-corrected chi connectivity index (χ3v) is 3.20. The molecule has 0 fully saturated rings. The molecule has 4 nitrogen and oxygen atoms in total. The van der Waals surface area contributed by atoms with Crippen molar-refractivity contribution in [1.29, 1.82) is 0 Å². The number of aryl methyl sites for hydroxylation is 1. The summed E-state index contributed by atoms with van der Waals surface area (Å²) >= 11 is 5.35. The summed E-state index contributed by atoms with van der Waals surface area (Å²) in [6.07, 6.45) is 1.67. The van der Waals surface area contributed by atoms with Crippen LogP contribution >= 0.6 is 12.2 Å². The van der Waals surface area contributed by atoms with Crippen molar-refractivity contribution >= 4 is 23.3 Å². The quantitative estimate of drug-likeness (QED) is 0.717. The lowest BCUT2D eigenvalue weighted by molar-refractivity contribution is 0.762. The first-order valence-corrected chi connectivity index (χ1v) is 6.10. The molecule has 0 saturated heterocycles. The molecule has 3 rings (SSSR count). The fraction of sp³-hybridized carbons (Fsp3) is 0.154. The summed E-state index contributed by atoms with van der Waals surface area (Å²) in [5.41, 5.74) is 4.26. The molecule has 0 amide bonds. The number of hydrogen-bond acceptors (Lipinski definition) is 3. The van der Waals surface area contributed by atoms with E-state index in [0.717, 1.165) is 16.7 Å². The Morgan fingerprint density at radius 3 is 3.00 bits per heavy atom. The van der Waals surface area contributed by atoms with Gasteiger partial charge < -0.3 is 9.55 Å². The zero-order valence-electron chi connectivity index (χ0n) is 9.92. The summed E-state index contributed by atoms with van der Waals surface area (Å²) in [6.45, 7) is 2.71. The van der Waals surface area contributed by atoms with Crippen molar-refractivity contribution in [2.45, 2.75) is 13.5 Å². The largest absolute Gasteiger partial charge is 0.331 e. The number of nitrogens with one attached hydrogen (secondary N) is 1. The highest BCUT2D eigenvalue weighted by Gasteiger charge is 2.05. The van der Waals surface area contributed by atoms with E-state index in [2.05, 4.69) is 34.2 Å². The number of H-pyrrole nitrogens is 1. The first-order valence-electron chi connectivity index (χ1n) is 5.70. The van der Waals surface area contributed by atoms with E-state index >= 15 is 0 Å². The Bertz CT molecular complexity index is 743. The lowest BCUT2D eigenvalue weighted by Crippen LogP contribution is -2.02. The van der Waals surface area contributed by atoms with Gasteiger partial charge >= 0.3 is 0 Å². The summed E-state index contributed by atoms with van der Waals surface area (Å²) in [5.74, 6) is 0. The summed E-state index contributed by atoms with van der Waals surface area (Å²) in [6, 6.07) is 10.1. The van der Waals surface area contributed by atoms with E-state index in [1.807, 2.05) is 22.8 Å². The molecule has 0 aliphatic rings. The molecule has 0 aliphatic heterocycles. The predicted molar refractivity (Wildman–Crippen MR) is 73.0 cm³/mol. The predicted octanol–water partition coefficient (Wildman–Crippen LogP) is 2.85. The Hall–Kier alpha value is -2.01. The number of hydrogen-bond donors (Lipinski definition) is 1. The van der Waals surface area contributed by atoms with Crippen LogP contribution in [0.5, 0.6) is 0 Å². The van der Waals surface area contributed by atoms with Crippen LogP contribution in [0.4, 0.5) is 0 Å². The van der Waals surface area contributed by atoms with Crippen LogP contribution in [-0.4, -0.2) is 19.7 Å². The molecular formula is C13H12N4S. The Kier molecular flexibility index (Phi) is 2.68. The molecule has 2 heterocycles. The van der Waals surface area contributed by atoms with Crippen molar-refractivity contribution in [2.24, 2.45) is 0 Å². The van der Waals surface area contributed by atoms with Gasteiger partial charge in [-0.05, 0) is 49.0 Å². The third kappa shape index (κ3) is 1.93. The molecule has 5 heteroatoms. The fourth-order valence-electron chi connectivity index (χ4n) is 2.00. The Morgan fingerprint density at radius 2 is 2.22 bits per heavy atom. The molecule has 0 bridgehead atoms. The molecule has 1 N–H and O–H groups in total. The Labute approximate surface area is 109 Å². The van der Waals surface area contributed by atoms with Gasteiger partial charge in [-0.25, -0.2) is 0 Å². The smallest absolute Gasteiger partial charge is 0.178 e. The van der Waals surface area contributed by atoms with Gasteiger partial charge in [0.25, 0.3) is 0 Å². The number of nitrogens with zero attached hydrogens (tertiary/aromatic N) is 3. The monoisotopic (exact) mass is 256 g/mol. The SMILES string of the molecule is Cc1ccc2[nH]c(=S)n(Cc3cccnn3)c2c1. The van der Waals surface area contributed by atoms with Crippen LogP contribution in [0, 0.1) is 11.7 Å². The normalized spacial score (nSPS) is 10.9. The lowest BCUT2D eigenvalue weighted by Gasteiger charge is -2.03. The van der Waals surface area contributed by atoms with Crippen LogP contribution in [0.2, 0.25) is 0 Å². The molecule has 18 heavy (non-hydrogen) atoms. The topological polar surface area (TPSA) is 46.5 Å². The minimum Gasteiger partial charge on any atom is -0.331 e. The van der Waals surface area contributed by atoms with Gasteiger partial charge in [-0.2, -0.15) is 10.2 Å². The summed E-state index contributed by atoms with van der Waals surface area (Å²) < 4.78 is 2.75. The van der Waals surface area contributed by atoms with Gasteiger partial charge in [-0.15, -0.1) is 0 Å². The highest BCUT2D eigenvalue weighted by molar-refractivity contribution is 7.71. The Balaban J connectivity index is 2.14. The maximum absolute atomic E-state index is 5.35. The second-order valence-corrected chi connectivity index (χ2v) is 4.64. The standard InChI is InChI=1S/C13H12N4S/c1-9-4-5-11-12(7-9)17(13(18)15-11)8-10-3-2-6-14-16-10/h2-7H,8H2,1H3,(H,15,18). The van der Waals surface area contributed by atoms with Crippen LogP contribution in [0.25, 0.3) is 11.0 Å². The molecule has 0 radical (unpaired) electrons. The van der Waals surface area contributed by atoms with Gasteiger partial charge in [-0.3, -0.25) is 0 Å². The van der Waals surface area contributed by atoms with Gasteiger partial charge in [0, 0.05) is 6.20 Å². The maximum Gasteiger partial charge on any atom is 0.178 e. The van der Waals surface area contributed by atoms with Crippen LogP contribution in [0.15, 0.2) is 36.5 Å². The molecule has 0 spiro atoms. The molecule has 0 unspecified atom stereocenters. The number of imidazole rings is 1. The molecule has 0 atom stereocenters. The number of rotatable bonds is 2. The van der Waals surface area contributed by atoms with E-state index < -0.39 is 0 Å².